The molecule has 0 aliphatic carbocycles. The lowest BCUT2D eigenvalue weighted by molar-refractivity contribution is -0.445. The summed E-state index contributed by atoms with van der Waals surface area (Å²) >= 11 is 21.8. The first kappa shape index (κ1) is 19.9. The van der Waals surface area contributed by atoms with Crippen LogP contribution in [0.4, 0.5) is 17.1 Å². The fourth-order valence-electron chi connectivity index (χ4n) is 1.31. The smallest absolute Gasteiger partial charge is 0.329 e. The average molecular weight is 416 g/mol. The molecule has 0 aromatic carbocycles. The van der Waals surface area contributed by atoms with E-state index in [1.54, 1.807) is 0 Å². The molecule has 128 valence electrons. The van der Waals surface area contributed by atoms with Crippen molar-refractivity contribution in [2.24, 2.45) is 0 Å². The van der Waals surface area contributed by atoms with Crippen LogP contribution in [0.3, 0.4) is 0 Å². The second-order valence-electron chi connectivity index (χ2n) is 3.80. The molecule has 0 radical (unpaired) electrons. The number of anilines is 2. The zero-order chi connectivity index (χ0) is 18.4. The maximum absolute atomic E-state index is 10.3. The van der Waals surface area contributed by atoms with Gasteiger partial charge in [-0.15, -0.1) is 5.43 Å². The second kappa shape index (κ2) is 8.64. The van der Waals surface area contributed by atoms with Crippen LogP contribution in [0.2, 0.25) is 20.6 Å². The van der Waals surface area contributed by atoms with Gasteiger partial charge in [-0.25, -0.2) is 20.1 Å². The number of nitro groups is 2. The predicted molar refractivity (Wildman–Crippen MR) is 90.2 cm³/mol. The van der Waals surface area contributed by atoms with Crippen molar-refractivity contribution in [3.05, 3.63) is 59.0 Å². The zero-order valence-corrected chi connectivity index (χ0v) is 14.3. The predicted octanol–water partition coefficient (Wildman–Crippen LogP) is 3.87. The lowest BCUT2D eigenvalue weighted by atomic mass is 10.4. The van der Waals surface area contributed by atoms with Crippen LogP contribution in [-0.2, 0) is 0 Å². The molecular formula is C10H6Cl4N6O4. The molecule has 14 heteroatoms. The van der Waals surface area contributed by atoms with Crippen LogP contribution in [-0.4, -0.2) is 19.9 Å². The first-order valence-electron chi connectivity index (χ1n) is 5.60. The third-order valence-electron chi connectivity index (χ3n) is 2.11. The molecule has 0 amide bonds. The van der Waals surface area contributed by atoms with Gasteiger partial charge in [0.1, 0.15) is 26.8 Å². The molecule has 0 atom stereocenters. The summed E-state index contributed by atoms with van der Waals surface area (Å²) in [5.41, 5.74) is 6.86. The van der Waals surface area contributed by atoms with Crippen molar-refractivity contribution < 1.29 is 9.96 Å². The van der Waals surface area contributed by atoms with Gasteiger partial charge in [-0.2, -0.15) is 0 Å². The van der Waals surface area contributed by atoms with Crippen LogP contribution in [0.5, 0.6) is 0 Å². The lowest BCUT2D eigenvalue weighted by Gasteiger charge is -1.98. The van der Waals surface area contributed by atoms with Crippen LogP contribution < -0.4 is 11.2 Å². The van der Waals surface area contributed by atoms with Crippen molar-refractivity contribution in [3.8, 4) is 0 Å². The second-order valence-corrected chi connectivity index (χ2v) is 5.32. The van der Waals surface area contributed by atoms with E-state index < -0.39 is 15.6 Å². The number of nitrogens with zero attached hydrogens (tertiary/aromatic N) is 4. The van der Waals surface area contributed by atoms with E-state index in [1.807, 2.05) is 5.43 Å². The molecule has 3 N–H and O–H groups in total. The van der Waals surface area contributed by atoms with Gasteiger partial charge in [0.05, 0.1) is 4.92 Å². The van der Waals surface area contributed by atoms with E-state index in [0.717, 1.165) is 0 Å². The summed E-state index contributed by atoms with van der Waals surface area (Å²) in [7, 11) is 0. The van der Waals surface area contributed by atoms with E-state index in [4.69, 9.17) is 52.1 Å². The van der Waals surface area contributed by atoms with Gasteiger partial charge in [-0.05, 0) is 0 Å². The molecule has 0 unspecified atom stereocenters. The highest BCUT2D eigenvalue weighted by Gasteiger charge is 2.18. The highest BCUT2D eigenvalue weighted by molar-refractivity contribution is 6.34. The quantitative estimate of drug-likeness (QED) is 0.435. The van der Waals surface area contributed by atoms with E-state index in [1.165, 1.54) is 18.2 Å². The van der Waals surface area contributed by atoms with Gasteiger partial charge in [-0.1, -0.05) is 46.4 Å². The van der Waals surface area contributed by atoms with Gasteiger partial charge in [0.15, 0.2) is 5.03 Å². The van der Waals surface area contributed by atoms with E-state index >= 15 is 0 Å². The van der Waals surface area contributed by atoms with Gasteiger partial charge in [0, 0.05) is 18.2 Å². The van der Waals surface area contributed by atoms with Crippen molar-refractivity contribution in [1.82, 2.24) is 9.97 Å². The summed E-state index contributed by atoms with van der Waals surface area (Å²) in [6, 6.07) is 3.78. The standard InChI is InChI=1S/2C5H3Cl2N3O2/c6-4-1-3(9-10(11)12)2-5(7)8-4;6-3-1-2(8)4(10(11)12)5(7)9-3/h1-2H,(H,8,9);1H,(H2,8,9). The molecule has 2 aromatic rings. The molecule has 0 aliphatic heterocycles. The van der Waals surface area contributed by atoms with Crippen LogP contribution in [0.15, 0.2) is 18.2 Å². The molecule has 0 spiro atoms. The number of hydrogen-bond donors (Lipinski definition) is 2. The summed E-state index contributed by atoms with van der Waals surface area (Å²) in [4.78, 5) is 26.7. The fourth-order valence-corrected chi connectivity index (χ4v) is 2.29. The molecule has 0 saturated heterocycles. The topological polar surface area (TPSA) is 150 Å². The van der Waals surface area contributed by atoms with Crippen LogP contribution >= 0.6 is 46.4 Å². The van der Waals surface area contributed by atoms with Gasteiger partial charge < -0.3 is 5.73 Å². The molecule has 0 aliphatic rings. The maximum atomic E-state index is 10.3. The Kier molecular flexibility index (Phi) is 7.17. The molecule has 0 bridgehead atoms. The van der Waals surface area contributed by atoms with E-state index in [0.29, 0.717) is 0 Å². The van der Waals surface area contributed by atoms with Crippen molar-refractivity contribution in [2.75, 3.05) is 11.2 Å². The number of pyridine rings is 2. The summed E-state index contributed by atoms with van der Waals surface area (Å²) < 4.78 is 0. The SMILES string of the molecule is Nc1cc(Cl)nc(Cl)c1[N+](=O)[O-].O=[N+]([O-])Nc1cc(Cl)nc(Cl)c1. The molecule has 2 aromatic heterocycles. The third-order valence-corrected chi connectivity index (χ3v) is 2.96. The zero-order valence-electron chi connectivity index (χ0n) is 11.2. The summed E-state index contributed by atoms with van der Waals surface area (Å²) in [5, 5.41) is 19.5. The summed E-state index contributed by atoms with van der Waals surface area (Å²) in [6.45, 7) is 0. The Hall–Kier alpha value is -2.14. The normalized spacial score (nSPS) is 9.67. The first-order valence-corrected chi connectivity index (χ1v) is 7.11. The Morgan fingerprint density at radius 2 is 1.46 bits per heavy atom. The molecule has 24 heavy (non-hydrogen) atoms. The number of nitrogens with two attached hydrogens (primary N) is 1. The number of nitrogen functional groups attached to an aromatic ring is 1. The largest absolute Gasteiger partial charge is 0.393 e. The number of hydrogen-bond acceptors (Lipinski definition) is 7. The van der Waals surface area contributed by atoms with E-state index in [2.05, 4.69) is 9.97 Å². The molecular weight excluding hydrogens is 410 g/mol. The third kappa shape index (κ3) is 6.16. The maximum Gasteiger partial charge on any atom is 0.329 e. The average Bonchev–Trinajstić information content (AvgIpc) is 2.34. The van der Waals surface area contributed by atoms with Gasteiger partial charge in [0.2, 0.25) is 5.15 Å². The lowest BCUT2D eigenvalue weighted by Crippen LogP contribution is -2.07. The van der Waals surface area contributed by atoms with Gasteiger partial charge >= 0.3 is 5.69 Å². The molecule has 0 saturated carbocycles. The molecule has 0 fully saturated rings. The number of halogens is 4. The Morgan fingerprint density at radius 3 is 1.88 bits per heavy atom. The molecule has 2 heterocycles. The number of rotatable bonds is 3. The number of nitrogens with one attached hydrogen (secondary N) is 1. The Labute approximate surface area is 153 Å². The summed E-state index contributed by atoms with van der Waals surface area (Å²) in [5.74, 6) is 0. The van der Waals surface area contributed by atoms with Crippen LogP contribution in [0, 0.1) is 20.2 Å². The van der Waals surface area contributed by atoms with Crippen LogP contribution in [0.25, 0.3) is 0 Å². The van der Waals surface area contributed by atoms with Crippen molar-refractivity contribution in [3.63, 3.8) is 0 Å². The van der Waals surface area contributed by atoms with Gasteiger partial charge in [-0.3, -0.25) is 10.1 Å². The summed E-state index contributed by atoms with van der Waals surface area (Å²) in [6.07, 6.45) is 0. The number of hydrazine groups is 1. The number of aromatic nitrogens is 2. The minimum atomic E-state index is -0.707. The molecule has 2 rings (SSSR count). The van der Waals surface area contributed by atoms with Crippen molar-refractivity contribution >= 4 is 63.5 Å². The Balaban J connectivity index is 0.000000240. The minimum absolute atomic E-state index is 0.0306. The van der Waals surface area contributed by atoms with E-state index in [9.17, 15) is 20.2 Å². The Morgan fingerprint density at radius 1 is 0.958 bits per heavy atom. The minimum Gasteiger partial charge on any atom is -0.393 e. The highest BCUT2D eigenvalue weighted by Crippen LogP contribution is 2.30. The van der Waals surface area contributed by atoms with Crippen LogP contribution in [0.1, 0.15) is 0 Å². The fraction of sp³-hybridized carbons (Fsp3) is 0. The Bertz CT molecular complexity index is 747. The van der Waals surface area contributed by atoms with E-state index in [-0.39, 0.29) is 32.0 Å². The molecule has 10 nitrogen and oxygen atoms in total. The first-order chi connectivity index (χ1) is 11.1. The highest BCUT2D eigenvalue weighted by atomic mass is 35.5. The van der Waals surface area contributed by atoms with Crippen molar-refractivity contribution in [2.45, 2.75) is 0 Å². The van der Waals surface area contributed by atoms with Crippen molar-refractivity contribution in [1.29, 1.82) is 0 Å². The van der Waals surface area contributed by atoms with Gasteiger partial charge in [0.25, 0.3) is 0 Å². The monoisotopic (exact) mass is 414 g/mol.